The SMILES string of the molecule is CCC1(Cc2cnn(C)c2C)CCC(=O)N1. The summed E-state index contributed by atoms with van der Waals surface area (Å²) in [6, 6.07) is 0. The Balaban J connectivity index is 2.19. The molecule has 1 aliphatic heterocycles. The molecule has 1 unspecified atom stereocenters. The summed E-state index contributed by atoms with van der Waals surface area (Å²) in [6.45, 7) is 4.21. The van der Waals surface area contributed by atoms with Crippen LogP contribution in [0.3, 0.4) is 0 Å². The number of aryl methyl sites for hydroxylation is 1. The molecule has 0 spiro atoms. The molecule has 0 radical (unpaired) electrons. The van der Waals surface area contributed by atoms with Crippen molar-refractivity contribution in [3.63, 3.8) is 0 Å². The summed E-state index contributed by atoms with van der Waals surface area (Å²) < 4.78 is 1.88. The fraction of sp³-hybridized carbons (Fsp3) is 0.667. The second-order valence-electron chi connectivity index (χ2n) is 4.74. The lowest BCUT2D eigenvalue weighted by molar-refractivity contribution is -0.119. The highest BCUT2D eigenvalue weighted by molar-refractivity contribution is 5.79. The minimum absolute atomic E-state index is 0.0368. The van der Waals surface area contributed by atoms with Crippen LogP contribution in [-0.2, 0) is 18.3 Å². The molecule has 4 heteroatoms. The second-order valence-corrected chi connectivity index (χ2v) is 4.74. The molecule has 88 valence electrons. The van der Waals surface area contributed by atoms with Gasteiger partial charge in [-0.25, -0.2) is 0 Å². The molecule has 4 nitrogen and oxygen atoms in total. The van der Waals surface area contributed by atoms with E-state index in [0.717, 1.165) is 19.3 Å². The number of carbonyl (C=O) groups excluding carboxylic acids is 1. The van der Waals surface area contributed by atoms with Crippen molar-refractivity contribution in [2.45, 2.75) is 45.1 Å². The molecular weight excluding hydrogens is 202 g/mol. The molecule has 0 aliphatic carbocycles. The van der Waals surface area contributed by atoms with Crippen molar-refractivity contribution >= 4 is 5.91 Å². The van der Waals surface area contributed by atoms with E-state index in [9.17, 15) is 4.79 Å². The number of carbonyl (C=O) groups is 1. The van der Waals surface area contributed by atoms with Gasteiger partial charge < -0.3 is 5.32 Å². The van der Waals surface area contributed by atoms with Gasteiger partial charge in [-0.2, -0.15) is 5.10 Å². The van der Waals surface area contributed by atoms with Crippen molar-refractivity contribution in [1.82, 2.24) is 15.1 Å². The van der Waals surface area contributed by atoms with E-state index in [2.05, 4.69) is 24.3 Å². The van der Waals surface area contributed by atoms with E-state index in [1.54, 1.807) is 0 Å². The standard InChI is InChI=1S/C12H19N3O/c1-4-12(6-5-11(16)14-12)7-10-8-13-15(3)9(10)2/h8H,4-7H2,1-3H3,(H,14,16). The van der Waals surface area contributed by atoms with E-state index in [0.29, 0.717) is 6.42 Å². The lowest BCUT2D eigenvalue weighted by Gasteiger charge is -2.27. The van der Waals surface area contributed by atoms with Gasteiger partial charge in [0, 0.05) is 24.7 Å². The highest BCUT2D eigenvalue weighted by atomic mass is 16.2. The van der Waals surface area contributed by atoms with E-state index in [1.807, 2.05) is 17.9 Å². The maximum absolute atomic E-state index is 11.4. The molecule has 1 atom stereocenters. The molecule has 1 aromatic heterocycles. The third-order valence-corrected chi connectivity index (χ3v) is 3.78. The predicted molar refractivity (Wildman–Crippen MR) is 62.0 cm³/mol. The molecule has 1 fully saturated rings. The van der Waals surface area contributed by atoms with Gasteiger partial charge in [0.15, 0.2) is 0 Å². The molecule has 0 bridgehead atoms. The molecule has 0 saturated carbocycles. The van der Waals surface area contributed by atoms with Gasteiger partial charge in [0.1, 0.15) is 0 Å². The minimum Gasteiger partial charge on any atom is -0.350 e. The van der Waals surface area contributed by atoms with Crippen LogP contribution in [0.1, 0.15) is 37.4 Å². The van der Waals surface area contributed by atoms with Gasteiger partial charge in [-0.3, -0.25) is 9.48 Å². The highest BCUT2D eigenvalue weighted by Gasteiger charge is 2.36. The Kier molecular flexibility index (Phi) is 2.74. The Morgan fingerprint density at radius 1 is 1.62 bits per heavy atom. The van der Waals surface area contributed by atoms with E-state index in [4.69, 9.17) is 0 Å². The number of amides is 1. The van der Waals surface area contributed by atoms with Crippen molar-refractivity contribution in [2.75, 3.05) is 0 Å². The lowest BCUT2D eigenvalue weighted by Crippen LogP contribution is -2.43. The van der Waals surface area contributed by atoms with E-state index in [1.165, 1.54) is 11.3 Å². The van der Waals surface area contributed by atoms with Crippen LogP contribution in [0, 0.1) is 6.92 Å². The van der Waals surface area contributed by atoms with Gasteiger partial charge in [-0.15, -0.1) is 0 Å². The van der Waals surface area contributed by atoms with Crippen LogP contribution in [0.5, 0.6) is 0 Å². The lowest BCUT2D eigenvalue weighted by atomic mass is 9.87. The van der Waals surface area contributed by atoms with Gasteiger partial charge in [0.05, 0.1) is 6.20 Å². The van der Waals surface area contributed by atoms with Crippen LogP contribution in [0.25, 0.3) is 0 Å². The fourth-order valence-electron chi connectivity index (χ4n) is 2.38. The normalized spacial score (nSPS) is 24.8. The Hall–Kier alpha value is -1.32. The summed E-state index contributed by atoms with van der Waals surface area (Å²) >= 11 is 0. The molecule has 2 heterocycles. The van der Waals surface area contributed by atoms with Gasteiger partial charge in [0.25, 0.3) is 0 Å². The third kappa shape index (κ3) is 1.84. The number of aromatic nitrogens is 2. The monoisotopic (exact) mass is 221 g/mol. The molecule has 16 heavy (non-hydrogen) atoms. The Labute approximate surface area is 96.0 Å². The topological polar surface area (TPSA) is 46.9 Å². The van der Waals surface area contributed by atoms with Crippen molar-refractivity contribution in [1.29, 1.82) is 0 Å². The van der Waals surface area contributed by atoms with Gasteiger partial charge in [-0.05, 0) is 31.7 Å². The van der Waals surface area contributed by atoms with Crippen molar-refractivity contribution in [2.24, 2.45) is 7.05 Å². The molecule has 1 saturated heterocycles. The molecule has 1 aromatic rings. The maximum atomic E-state index is 11.4. The summed E-state index contributed by atoms with van der Waals surface area (Å²) in [5.41, 5.74) is 2.39. The first-order chi connectivity index (χ1) is 7.56. The number of hydrogen-bond acceptors (Lipinski definition) is 2. The second kappa shape index (κ2) is 3.92. The predicted octanol–water partition coefficient (Wildman–Crippen LogP) is 1.33. The number of nitrogens with zero attached hydrogens (tertiary/aromatic N) is 2. The van der Waals surface area contributed by atoms with Gasteiger partial charge in [0.2, 0.25) is 5.91 Å². The third-order valence-electron chi connectivity index (χ3n) is 3.78. The average molecular weight is 221 g/mol. The molecule has 2 rings (SSSR count). The quantitative estimate of drug-likeness (QED) is 0.837. The van der Waals surface area contributed by atoms with Crippen LogP contribution in [0.4, 0.5) is 0 Å². The number of nitrogens with one attached hydrogen (secondary N) is 1. The molecular formula is C12H19N3O. The number of hydrogen-bond donors (Lipinski definition) is 1. The Morgan fingerprint density at radius 2 is 2.38 bits per heavy atom. The van der Waals surface area contributed by atoms with Crippen molar-refractivity contribution < 1.29 is 4.79 Å². The Morgan fingerprint density at radius 3 is 2.81 bits per heavy atom. The van der Waals surface area contributed by atoms with Crippen LogP contribution < -0.4 is 5.32 Å². The first-order valence-corrected chi connectivity index (χ1v) is 5.85. The summed E-state index contributed by atoms with van der Waals surface area (Å²) in [5.74, 6) is 0.184. The molecule has 1 amide bonds. The minimum atomic E-state index is -0.0368. The van der Waals surface area contributed by atoms with E-state index >= 15 is 0 Å². The molecule has 0 aromatic carbocycles. The first kappa shape index (κ1) is 11.2. The molecule has 1 N–H and O–H groups in total. The summed E-state index contributed by atoms with van der Waals surface area (Å²) in [6.07, 6.45) is 5.39. The van der Waals surface area contributed by atoms with Gasteiger partial charge in [-0.1, -0.05) is 6.92 Å². The fourth-order valence-corrected chi connectivity index (χ4v) is 2.38. The first-order valence-electron chi connectivity index (χ1n) is 5.85. The van der Waals surface area contributed by atoms with E-state index < -0.39 is 0 Å². The maximum Gasteiger partial charge on any atom is 0.220 e. The zero-order valence-electron chi connectivity index (χ0n) is 10.2. The number of rotatable bonds is 3. The zero-order valence-corrected chi connectivity index (χ0v) is 10.2. The van der Waals surface area contributed by atoms with Crippen LogP contribution in [-0.4, -0.2) is 21.2 Å². The van der Waals surface area contributed by atoms with Crippen molar-refractivity contribution in [3.05, 3.63) is 17.5 Å². The van der Waals surface area contributed by atoms with E-state index in [-0.39, 0.29) is 11.4 Å². The van der Waals surface area contributed by atoms with Crippen LogP contribution in [0.2, 0.25) is 0 Å². The molecule has 1 aliphatic rings. The smallest absolute Gasteiger partial charge is 0.220 e. The average Bonchev–Trinajstić information content (AvgIpc) is 2.78. The highest BCUT2D eigenvalue weighted by Crippen LogP contribution is 2.28. The zero-order chi connectivity index (χ0) is 11.8. The summed E-state index contributed by atoms with van der Waals surface area (Å²) in [4.78, 5) is 11.4. The summed E-state index contributed by atoms with van der Waals surface area (Å²) in [7, 11) is 1.95. The van der Waals surface area contributed by atoms with Crippen LogP contribution >= 0.6 is 0 Å². The largest absolute Gasteiger partial charge is 0.350 e. The van der Waals surface area contributed by atoms with Crippen molar-refractivity contribution in [3.8, 4) is 0 Å². The Bertz CT molecular complexity index is 410. The van der Waals surface area contributed by atoms with Gasteiger partial charge >= 0.3 is 0 Å². The van der Waals surface area contributed by atoms with Crippen LogP contribution in [0.15, 0.2) is 6.20 Å². The summed E-state index contributed by atoms with van der Waals surface area (Å²) in [5, 5.41) is 7.37.